The summed E-state index contributed by atoms with van der Waals surface area (Å²) in [5.41, 5.74) is -0.268. The minimum Gasteiger partial charge on any atom is -0.490 e. The summed E-state index contributed by atoms with van der Waals surface area (Å²) < 4.78 is 6.06. The zero-order valence-electron chi connectivity index (χ0n) is 15.8. The monoisotopic (exact) mass is 345 g/mol. The van der Waals surface area contributed by atoms with Gasteiger partial charge in [-0.3, -0.25) is 14.7 Å². The van der Waals surface area contributed by atoms with Gasteiger partial charge in [-0.15, -0.1) is 0 Å². The molecule has 1 aromatic rings. The van der Waals surface area contributed by atoms with Crippen LogP contribution in [0.25, 0.3) is 0 Å². The van der Waals surface area contributed by atoms with Crippen molar-refractivity contribution in [1.82, 2.24) is 14.8 Å². The molecule has 1 amide bonds. The number of hydrogen-bond donors (Lipinski definition) is 0. The first-order valence-electron chi connectivity index (χ1n) is 9.53. The second kappa shape index (κ2) is 7.73. The van der Waals surface area contributed by atoms with E-state index in [1.54, 1.807) is 12.4 Å². The fourth-order valence-electron chi connectivity index (χ4n) is 3.88. The highest BCUT2D eigenvalue weighted by Crippen LogP contribution is 2.26. The Morgan fingerprint density at radius 2 is 1.64 bits per heavy atom. The number of likely N-dealkylation sites (tertiary alicyclic amines) is 2. The molecular formula is C20H31N3O2. The van der Waals surface area contributed by atoms with E-state index in [1.165, 1.54) is 0 Å². The van der Waals surface area contributed by atoms with Gasteiger partial charge in [0, 0.05) is 50.0 Å². The van der Waals surface area contributed by atoms with Crippen LogP contribution in [0.1, 0.15) is 46.5 Å². The maximum atomic E-state index is 12.4. The molecule has 5 nitrogen and oxygen atoms in total. The molecule has 5 heteroatoms. The minimum atomic E-state index is -0.268. The molecule has 1 aromatic heterocycles. The molecule has 3 rings (SSSR count). The predicted molar refractivity (Wildman–Crippen MR) is 98.5 cm³/mol. The number of amides is 1. The van der Waals surface area contributed by atoms with Crippen LogP contribution in [-0.4, -0.2) is 59.0 Å². The molecule has 2 aliphatic heterocycles. The smallest absolute Gasteiger partial charge is 0.227 e. The Morgan fingerprint density at radius 1 is 1.04 bits per heavy atom. The van der Waals surface area contributed by atoms with Crippen LogP contribution in [0.15, 0.2) is 24.5 Å². The van der Waals surface area contributed by atoms with Crippen molar-refractivity contribution in [1.29, 1.82) is 0 Å². The Kier molecular flexibility index (Phi) is 5.62. The standard InChI is InChI=1S/C20H31N3O2/c1-20(2,3)19(24)23-12-6-16(7-13-23)22-14-8-18(9-15-22)25-17-4-10-21-11-5-17/h4-5,10-11,16,18H,6-9,12-15H2,1-3H3. The number of rotatable bonds is 3. The van der Waals surface area contributed by atoms with Gasteiger partial charge < -0.3 is 9.64 Å². The van der Waals surface area contributed by atoms with E-state index in [1.807, 2.05) is 32.9 Å². The van der Waals surface area contributed by atoms with E-state index >= 15 is 0 Å². The van der Waals surface area contributed by atoms with Gasteiger partial charge in [-0.05, 0) is 37.8 Å². The summed E-state index contributed by atoms with van der Waals surface area (Å²) >= 11 is 0. The first-order valence-corrected chi connectivity index (χ1v) is 9.53. The average molecular weight is 345 g/mol. The molecule has 0 spiro atoms. The van der Waals surface area contributed by atoms with Crippen LogP contribution in [0.4, 0.5) is 0 Å². The summed E-state index contributed by atoms with van der Waals surface area (Å²) in [4.78, 5) is 21.1. The Hall–Kier alpha value is -1.62. The number of piperidine rings is 2. The SMILES string of the molecule is CC(C)(C)C(=O)N1CCC(N2CCC(Oc3ccncc3)CC2)CC1. The Morgan fingerprint density at radius 3 is 2.20 bits per heavy atom. The van der Waals surface area contributed by atoms with Crippen molar-refractivity contribution < 1.29 is 9.53 Å². The minimum absolute atomic E-state index is 0.268. The predicted octanol–water partition coefficient (Wildman–Crippen LogP) is 2.96. The quantitative estimate of drug-likeness (QED) is 0.845. The van der Waals surface area contributed by atoms with E-state index in [4.69, 9.17) is 4.74 Å². The lowest BCUT2D eigenvalue weighted by Crippen LogP contribution is -2.51. The molecule has 0 radical (unpaired) electrons. The van der Waals surface area contributed by atoms with Crippen molar-refractivity contribution in [3.05, 3.63) is 24.5 Å². The number of carbonyl (C=O) groups is 1. The van der Waals surface area contributed by atoms with Crippen molar-refractivity contribution in [2.45, 2.75) is 58.6 Å². The van der Waals surface area contributed by atoms with Gasteiger partial charge in [-0.25, -0.2) is 0 Å². The maximum absolute atomic E-state index is 12.4. The summed E-state index contributed by atoms with van der Waals surface area (Å²) in [5.74, 6) is 1.21. The first-order chi connectivity index (χ1) is 11.9. The normalized spacial score (nSPS) is 21.3. The molecule has 0 atom stereocenters. The van der Waals surface area contributed by atoms with Gasteiger partial charge in [0.25, 0.3) is 0 Å². The van der Waals surface area contributed by atoms with Crippen LogP contribution in [0.3, 0.4) is 0 Å². The molecule has 25 heavy (non-hydrogen) atoms. The van der Waals surface area contributed by atoms with Crippen LogP contribution < -0.4 is 4.74 Å². The lowest BCUT2D eigenvalue weighted by molar-refractivity contribution is -0.141. The van der Waals surface area contributed by atoms with Crippen LogP contribution in [-0.2, 0) is 4.79 Å². The third-order valence-electron chi connectivity index (χ3n) is 5.34. The van der Waals surface area contributed by atoms with Crippen molar-refractivity contribution in [3.63, 3.8) is 0 Å². The number of aromatic nitrogens is 1. The number of pyridine rings is 1. The lowest BCUT2D eigenvalue weighted by Gasteiger charge is -2.42. The highest BCUT2D eigenvalue weighted by atomic mass is 16.5. The molecule has 0 aliphatic carbocycles. The molecule has 2 aliphatic rings. The molecule has 3 heterocycles. The van der Waals surface area contributed by atoms with Gasteiger partial charge in [-0.2, -0.15) is 0 Å². The number of hydrogen-bond acceptors (Lipinski definition) is 4. The van der Waals surface area contributed by atoms with Gasteiger partial charge in [0.1, 0.15) is 11.9 Å². The highest BCUT2D eigenvalue weighted by molar-refractivity contribution is 5.81. The summed E-state index contributed by atoms with van der Waals surface area (Å²) in [7, 11) is 0. The Balaban J connectivity index is 1.43. The molecule has 138 valence electrons. The largest absolute Gasteiger partial charge is 0.490 e. The molecule has 2 saturated heterocycles. The highest BCUT2D eigenvalue weighted by Gasteiger charge is 2.33. The summed E-state index contributed by atoms with van der Waals surface area (Å²) in [6, 6.07) is 4.47. The molecule has 2 fully saturated rings. The Labute approximate surface area is 151 Å². The van der Waals surface area contributed by atoms with Crippen LogP contribution in [0.2, 0.25) is 0 Å². The molecular weight excluding hydrogens is 314 g/mol. The third-order valence-corrected chi connectivity index (χ3v) is 5.34. The fraction of sp³-hybridized carbons (Fsp3) is 0.700. The van der Waals surface area contributed by atoms with Crippen molar-refractivity contribution in [2.75, 3.05) is 26.2 Å². The van der Waals surface area contributed by atoms with E-state index in [9.17, 15) is 4.79 Å². The van der Waals surface area contributed by atoms with Gasteiger partial charge >= 0.3 is 0 Å². The van der Waals surface area contributed by atoms with Gasteiger partial charge in [0.05, 0.1) is 0 Å². The van der Waals surface area contributed by atoms with E-state index < -0.39 is 0 Å². The van der Waals surface area contributed by atoms with Crippen LogP contribution >= 0.6 is 0 Å². The summed E-state index contributed by atoms with van der Waals surface area (Å²) in [6.45, 7) is 10.0. The lowest BCUT2D eigenvalue weighted by atomic mass is 9.92. The molecule has 0 saturated carbocycles. The summed E-state index contributed by atoms with van der Waals surface area (Å²) in [6.07, 6.45) is 8.19. The van der Waals surface area contributed by atoms with Crippen molar-refractivity contribution >= 4 is 5.91 Å². The van der Waals surface area contributed by atoms with E-state index in [-0.39, 0.29) is 11.3 Å². The topological polar surface area (TPSA) is 45.7 Å². The van der Waals surface area contributed by atoms with Gasteiger partial charge in [-0.1, -0.05) is 20.8 Å². The fourth-order valence-corrected chi connectivity index (χ4v) is 3.88. The van der Waals surface area contributed by atoms with E-state index in [0.717, 1.165) is 57.6 Å². The molecule has 0 unspecified atom stereocenters. The third kappa shape index (κ3) is 4.72. The first kappa shape index (κ1) is 18.2. The van der Waals surface area contributed by atoms with E-state index in [2.05, 4.69) is 14.8 Å². The van der Waals surface area contributed by atoms with Crippen LogP contribution in [0.5, 0.6) is 5.75 Å². The van der Waals surface area contributed by atoms with E-state index in [0.29, 0.717) is 12.1 Å². The van der Waals surface area contributed by atoms with Crippen molar-refractivity contribution in [3.8, 4) is 5.75 Å². The maximum Gasteiger partial charge on any atom is 0.227 e. The second-order valence-electron chi connectivity index (χ2n) is 8.31. The number of nitrogens with zero attached hydrogens (tertiary/aromatic N) is 3. The van der Waals surface area contributed by atoms with Gasteiger partial charge in [0.15, 0.2) is 0 Å². The zero-order chi connectivity index (χ0) is 17.9. The molecule has 0 N–H and O–H groups in total. The second-order valence-corrected chi connectivity index (χ2v) is 8.31. The number of ether oxygens (including phenoxy) is 1. The molecule has 0 bridgehead atoms. The zero-order valence-corrected chi connectivity index (χ0v) is 15.8. The molecule has 0 aromatic carbocycles. The van der Waals surface area contributed by atoms with Crippen molar-refractivity contribution in [2.24, 2.45) is 5.41 Å². The summed E-state index contributed by atoms with van der Waals surface area (Å²) in [5, 5.41) is 0. The van der Waals surface area contributed by atoms with Gasteiger partial charge in [0.2, 0.25) is 5.91 Å². The number of carbonyl (C=O) groups excluding carboxylic acids is 1. The Bertz CT molecular complexity index is 554. The average Bonchev–Trinajstić information content (AvgIpc) is 2.62. The van der Waals surface area contributed by atoms with Crippen LogP contribution in [0, 0.1) is 5.41 Å².